The lowest BCUT2D eigenvalue weighted by atomic mass is 9.80. The van der Waals surface area contributed by atoms with Gasteiger partial charge in [-0.05, 0) is 35.7 Å². The highest BCUT2D eigenvalue weighted by Gasteiger charge is 2.43. The number of para-hydroxylation sites is 1. The van der Waals surface area contributed by atoms with E-state index < -0.39 is 35.5 Å². The third-order valence-corrected chi connectivity index (χ3v) is 4.84. The maximum atomic E-state index is 13.6. The van der Waals surface area contributed by atoms with E-state index in [0.29, 0.717) is 11.3 Å². The minimum Gasteiger partial charge on any atom is -0.496 e. The quantitative estimate of drug-likeness (QED) is 0.637. The molecule has 0 aliphatic carbocycles. The lowest BCUT2D eigenvalue weighted by Gasteiger charge is -2.24. The molecule has 1 aliphatic rings. The molecule has 0 saturated heterocycles. The number of halogens is 3. The van der Waals surface area contributed by atoms with Crippen LogP contribution in [-0.4, -0.2) is 26.1 Å². The van der Waals surface area contributed by atoms with Crippen LogP contribution in [0.1, 0.15) is 22.6 Å². The number of fused-ring (bicyclic) bond motifs is 1. The van der Waals surface area contributed by atoms with E-state index in [-0.39, 0.29) is 17.7 Å². The molecular weight excluding hydrogens is 375 g/mol. The first kappa shape index (κ1) is 19.7. The highest BCUT2D eigenvalue weighted by Crippen LogP contribution is 2.43. The molecule has 0 unspecified atom stereocenters. The molecule has 0 saturated carbocycles. The van der Waals surface area contributed by atoms with Gasteiger partial charge in [0, 0.05) is 11.6 Å². The van der Waals surface area contributed by atoms with E-state index in [9.17, 15) is 22.8 Å². The molecule has 2 atom stereocenters. The van der Waals surface area contributed by atoms with E-state index in [2.05, 4.69) is 5.32 Å². The smallest absolute Gasteiger partial charge is 0.416 e. The fourth-order valence-electron chi connectivity index (χ4n) is 3.58. The van der Waals surface area contributed by atoms with E-state index in [1.165, 1.54) is 19.2 Å². The van der Waals surface area contributed by atoms with Gasteiger partial charge >= 0.3 is 12.1 Å². The van der Waals surface area contributed by atoms with Gasteiger partial charge in [-0.2, -0.15) is 13.2 Å². The van der Waals surface area contributed by atoms with Crippen molar-refractivity contribution in [3.05, 3.63) is 59.2 Å². The van der Waals surface area contributed by atoms with Crippen molar-refractivity contribution in [2.45, 2.75) is 18.5 Å². The van der Waals surface area contributed by atoms with Gasteiger partial charge in [0.15, 0.2) is 0 Å². The Labute approximate surface area is 159 Å². The van der Waals surface area contributed by atoms with Gasteiger partial charge in [-0.1, -0.05) is 24.3 Å². The lowest BCUT2D eigenvalue weighted by molar-refractivity contribution is -0.149. The van der Waals surface area contributed by atoms with Crippen molar-refractivity contribution >= 4 is 17.6 Å². The summed E-state index contributed by atoms with van der Waals surface area (Å²) in [5.41, 5.74) is -0.437. The Morgan fingerprint density at radius 1 is 1.11 bits per heavy atom. The molecule has 2 aromatic carbocycles. The third kappa shape index (κ3) is 3.54. The average molecular weight is 393 g/mol. The maximum absolute atomic E-state index is 13.6. The van der Waals surface area contributed by atoms with Gasteiger partial charge < -0.3 is 14.8 Å². The van der Waals surface area contributed by atoms with Gasteiger partial charge in [0.05, 0.1) is 19.8 Å². The Balaban J connectivity index is 2.22. The van der Waals surface area contributed by atoms with Crippen LogP contribution in [0.5, 0.6) is 5.75 Å². The highest BCUT2D eigenvalue weighted by molar-refractivity contribution is 6.06. The molecule has 0 radical (unpaired) electrons. The fraction of sp³-hybridized carbons (Fsp3) is 0.300. The number of hydrogen-bond acceptors (Lipinski definition) is 4. The standard InChI is InChI=1S/C20H18F3NO4/c1-27-16-9-4-3-6-11(16)12-10-13-14(20(21,22)23)7-5-8-15(13)24-18(25)17(12)19(26)28-2/h3-9,12,17H,10H2,1-2H3,(H,24,25)/t12-,17-/m1/s1. The molecule has 1 heterocycles. The summed E-state index contributed by atoms with van der Waals surface area (Å²) in [6.07, 6.45) is -4.80. The van der Waals surface area contributed by atoms with Crippen molar-refractivity contribution in [1.29, 1.82) is 0 Å². The number of esters is 1. The van der Waals surface area contributed by atoms with Crippen LogP contribution in [0.15, 0.2) is 42.5 Å². The Morgan fingerprint density at radius 3 is 2.46 bits per heavy atom. The highest BCUT2D eigenvalue weighted by atomic mass is 19.4. The zero-order chi connectivity index (χ0) is 20.5. The van der Waals surface area contributed by atoms with Crippen molar-refractivity contribution in [3.63, 3.8) is 0 Å². The van der Waals surface area contributed by atoms with Crippen LogP contribution in [0.25, 0.3) is 0 Å². The second-order valence-corrected chi connectivity index (χ2v) is 6.37. The number of alkyl halides is 3. The topological polar surface area (TPSA) is 64.6 Å². The molecule has 8 heteroatoms. The first-order chi connectivity index (χ1) is 13.3. The number of hydrogen-bond donors (Lipinski definition) is 1. The average Bonchev–Trinajstić information content (AvgIpc) is 2.81. The molecule has 0 fully saturated rings. The Bertz CT molecular complexity index is 911. The number of benzene rings is 2. The molecule has 1 aliphatic heterocycles. The molecule has 3 rings (SSSR count). The van der Waals surface area contributed by atoms with Crippen molar-refractivity contribution in [2.75, 3.05) is 19.5 Å². The summed E-state index contributed by atoms with van der Waals surface area (Å²) in [4.78, 5) is 25.2. The van der Waals surface area contributed by atoms with Crippen LogP contribution in [-0.2, 0) is 26.9 Å². The predicted octanol–water partition coefficient (Wildman–Crippen LogP) is 3.78. The Kier molecular flexibility index (Phi) is 5.31. The zero-order valence-electron chi connectivity index (χ0n) is 15.2. The number of amides is 1. The summed E-state index contributed by atoms with van der Waals surface area (Å²) in [6.45, 7) is 0. The summed E-state index contributed by atoms with van der Waals surface area (Å²) in [7, 11) is 2.55. The molecule has 1 N–H and O–H groups in total. The normalized spacial score (nSPS) is 19.2. The summed E-state index contributed by atoms with van der Waals surface area (Å²) >= 11 is 0. The van der Waals surface area contributed by atoms with Gasteiger partial charge in [-0.25, -0.2) is 0 Å². The van der Waals surface area contributed by atoms with E-state index in [1.54, 1.807) is 24.3 Å². The second-order valence-electron chi connectivity index (χ2n) is 6.37. The van der Waals surface area contributed by atoms with Gasteiger partial charge in [0.1, 0.15) is 11.7 Å². The fourth-order valence-corrected chi connectivity index (χ4v) is 3.58. The maximum Gasteiger partial charge on any atom is 0.416 e. The van der Waals surface area contributed by atoms with Gasteiger partial charge in [-0.3, -0.25) is 9.59 Å². The Morgan fingerprint density at radius 2 is 1.82 bits per heavy atom. The number of anilines is 1. The van der Waals surface area contributed by atoms with Crippen molar-refractivity contribution in [2.24, 2.45) is 5.92 Å². The van der Waals surface area contributed by atoms with Gasteiger partial charge in [0.2, 0.25) is 5.91 Å². The molecule has 148 valence electrons. The van der Waals surface area contributed by atoms with E-state index in [4.69, 9.17) is 9.47 Å². The van der Waals surface area contributed by atoms with Crippen LogP contribution >= 0.6 is 0 Å². The molecule has 5 nitrogen and oxygen atoms in total. The molecule has 2 aromatic rings. The number of carbonyl (C=O) groups is 2. The molecular formula is C20H18F3NO4. The first-order valence-electron chi connectivity index (χ1n) is 8.48. The monoisotopic (exact) mass is 393 g/mol. The van der Waals surface area contributed by atoms with Crippen LogP contribution in [0.3, 0.4) is 0 Å². The number of carbonyl (C=O) groups excluding carboxylic acids is 2. The molecule has 0 aromatic heterocycles. The van der Waals surface area contributed by atoms with Crippen LogP contribution < -0.4 is 10.1 Å². The minimum atomic E-state index is -4.60. The lowest BCUT2D eigenvalue weighted by Crippen LogP contribution is -2.34. The number of ether oxygens (including phenoxy) is 2. The first-order valence-corrected chi connectivity index (χ1v) is 8.48. The molecule has 0 spiro atoms. The molecule has 1 amide bonds. The molecule has 0 bridgehead atoms. The Hall–Kier alpha value is -3.03. The SMILES string of the molecule is COC(=O)[C@H]1C(=O)Nc2cccc(C(F)(F)F)c2C[C@@H]1c1ccccc1OC. The van der Waals surface area contributed by atoms with Crippen LogP contribution in [0.2, 0.25) is 0 Å². The summed E-state index contributed by atoms with van der Waals surface area (Å²) < 4.78 is 50.8. The molecule has 28 heavy (non-hydrogen) atoms. The number of methoxy groups -OCH3 is 2. The van der Waals surface area contributed by atoms with E-state index >= 15 is 0 Å². The van der Waals surface area contributed by atoms with Crippen molar-refractivity contribution in [1.82, 2.24) is 0 Å². The second kappa shape index (κ2) is 7.53. The number of rotatable bonds is 3. The van der Waals surface area contributed by atoms with Crippen LogP contribution in [0.4, 0.5) is 18.9 Å². The number of nitrogens with one attached hydrogen (secondary N) is 1. The van der Waals surface area contributed by atoms with Crippen molar-refractivity contribution < 1.29 is 32.2 Å². The van der Waals surface area contributed by atoms with Crippen LogP contribution in [0, 0.1) is 5.92 Å². The summed E-state index contributed by atoms with van der Waals surface area (Å²) in [5.74, 6) is -3.39. The van der Waals surface area contributed by atoms with Gasteiger partial charge in [0.25, 0.3) is 0 Å². The summed E-state index contributed by atoms with van der Waals surface area (Å²) in [5, 5.41) is 2.46. The van der Waals surface area contributed by atoms with Gasteiger partial charge in [-0.15, -0.1) is 0 Å². The minimum absolute atomic E-state index is 0.0335. The van der Waals surface area contributed by atoms with E-state index in [0.717, 1.165) is 13.2 Å². The summed E-state index contributed by atoms with van der Waals surface area (Å²) in [6, 6.07) is 10.2. The predicted molar refractivity (Wildman–Crippen MR) is 95.0 cm³/mol. The third-order valence-electron chi connectivity index (χ3n) is 4.84. The van der Waals surface area contributed by atoms with Crippen molar-refractivity contribution in [3.8, 4) is 5.75 Å². The van der Waals surface area contributed by atoms with E-state index in [1.807, 2.05) is 0 Å². The largest absolute Gasteiger partial charge is 0.496 e. The zero-order valence-corrected chi connectivity index (χ0v) is 15.2.